The number of amides is 2. The van der Waals surface area contributed by atoms with Crippen LogP contribution in [0.25, 0.3) is 0 Å². The Hall–Kier alpha value is -2.34. The van der Waals surface area contributed by atoms with Crippen LogP contribution in [-0.2, 0) is 11.2 Å². The highest BCUT2D eigenvalue weighted by Crippen LogP contribution is 2.16. The molecule has 1 N–H and O–H groups in total. The van der Waals surface area contributed by atoms with Crippen molar-refractivity contribution in [1.82, 2.24) is 10.2 Å². The monoisotopic (exact) mass is 358 g/mol. The molecule has 0 bridgehead atoms. The van der Waals surface area contributed by atoms with Crippen molar-refractivity contribution in [2.75, 3.05) is 20.2 Å². The second kappa shape index (κ2) is 8.16. The molecule has 2 amide bonds. The topological polar surface area (TPSA) is 58.6 Å². The van der Waals surface area contributed by atoms with Gasteiger partial charge in [0, 0.05) is 19.1 Å². The number of benzene rings is 1. The molecule has 0 unspecified atom stereocenters. The molecule has 5 nitrogen and oxygen atoms in total. The van der Waals surface area contributed by atoms with Gasteiger partial charge in [-0.3, -0.25) is 9.59 Å². The number of rotatable bonds is 5. The predicted octanol–water partition coefficient (Wildman–Crippen LogP) is 2.72. The first-order valence-corrected chi connectivity index (χ1v) is 9.29. The molecular formula is C19H22N2O3S. The van der Waals surface area contributed by atoms with Crippen LogP contribution >= 0.6 is 11.3 Å². The zero-order valence-electron chi connectivity index (χ0n) is 14.2. The number of likely N-dealkylation sites (tertiary alicyclic amines) is 1. The molecular weight excluding hydrogens is 336 g/mol. The molecule has 2 heterocycles. The van der Waals surface area contributed by atoms with E-state index < -0.39 is 0 Å². The Balaban J connectivity index is 1.46. The van der Waals surface area contributed by atoms with Crippen molar-refractivity contribution in [2.45, 2.75) is 25.3 Å². The smallest absolute Gasteiger partial charge is 0.261 e. The van der Waals surface area contributed by atoms with E-state index in [9.17, 15) is 9.59 Å². The SMILES string of the molecule is COc1ccc(CC(=O)N2CCC(NC(=O)c3cccs3)CC2)cc1. The van der Waals surface area contributed by atoms with E-state index in [-0.39, 0.29) is 17.9 Å². The third kappa shape index (κ3) is 4.60. The van der Waals surface area contributed by atoms with Gasteiger partial charge in [-0.25, -0.2) is 0 Å². The summed E-state index contributed by atoms with van der Waals surface area (Å²) in [5.74, 6) is 0.907. The third-order valence-corrected chi connectivity index (χ3v) is 5.31. The fourth-order valence-corrected chi connectivity index (χ4v) is 3.59. The minimum Gasteiger partial charge on any atom is -0.497 e. The van der Waals surface area contributed by atoms with Gasteiger partial charge in [0.05, 0.1) is 18.4 Å². The summed E-state index contributed by atoms with van der Waals surface area (Å²) in [5.41, 5.74) is 0.985. The average Bonchev–Trinajstić information content (AvgIpc) is 3.18. The van der Waals surface area contributed by atoms with Gasteiger partial charge in [0.25, 0.3) is 5.91 Å². The van der Waals surface area contributed by atoms with Crippen LogP contribution in [0.2, 0.25) is 0 Å². The number of nitrogens with zero attached hydrogens (tertiary/aromatic N) is 1. The summed E-state index contributed by atoms with van der Waals surface area (Å²) in [6, 6.07) is 11.4. The zero-order chi connectivity index (χ0) is 17.6. The molecule has 0 radical (unpaired) electrons. The molecule has 0 aliphatic carbocycles. The van der Waals surface area contributed by atoms with Gasteiger partial charge in [0.2, 0.25) is 5.91 Å². The number of nitrogens with one attached hydrogen (secondary N) is 1. The number of piperidine rings is 1. The fourth-order valence-electron chi connectivity index (χ4n) is 2.97. The lowest BCUT2D eigenvalue weighted by atomic mass is 10.0. The summed E-state index contributed by atoms with van der Waals surface area (Å²) in [6.07, 6.45) is 1.99. The first-order valence-electron chi connectivity index (χ1n) is 8.41. The van der Waals surface area contributed by atoms with Crippen LogP contribution < -0.4 is 10.1 Å². The van der Waals surface area contributed by atoms with E-state index in [1.807, 2.05) is 46.7 Å². The van der Waals surface area contributed by atoms with Gasteiger partial charge in [0.15, 0.2) is 0 Å². The number of ether oxygens (including phenoxy) is 1. The van der Waals surface area contributed by atoms with Gasteiger partial charge in [-0.15, -0.1) is 11.3 Å². The van der Waals surface area contributed by atoms with E-state index in [0.717, 1.165) is 29.0 Å². The van der Waals surface area contributed by atoms with Gasteiger partial charge in [0.1, 0.15) is 5.75 Å². The number of hydrogen-bond acceptors (Lipinski definition) is 4. The second-order valence-corrected chi connectivity index (χ2v) is 7.08. The van der Waals surface area contributed by atoms with E-state index in [4.69, 9.17) is 4.74 Å². The quantitative estimate of drug-likeness (QED) is 0.894. The fraction of sp³-hybridized carbons (Fsp3) is 0.368. The average molecular weight is 358 g/mol. The van der Waals surface area contributed by atoms with E-state index in [1.165, 1.54) is 11.3 Å². The van der Waals surface area contributed by atoms with E-state index in [1.54, 1.807) is 7.11 Å². The molecule has 6 heteroatoms. The number of hydrogen-bond donors (Lipinski definition) is 1. The van der Waals surface area contributed by atoms with Crippen molar-refractivity contribution >= 4 is 23.2 Å². The van der Waals surface area contributed by atoms with Crippen LogP contribution in [0.3, 0.4) is 0 Å². The maximum absolute atomic E-state index is 12.4. The van der Waals surface area contributed by atoms with Crippen molar-refractivity contribution in [1.29, 1.82) is 0 Å². The first kappa shape index (κ1) is 17.5. The summed E-state index contributed by atoms with van der Waals surface area (Å²) in [5, 5.41) is 4.96. The minimum absolute atomic E-state index is 0.0157. The molecule has 1 aliphatic rings. The molecule has 3 rings (SSSR count). The largest absolute Gasteiger partial charge is 0.497 e. The molecule has 1 fully saturated rings. The summed E-state index contributed by atoms with van der Waals surface area (Å²) >= 11 is 1.44. The lowest BCUT2D eigenvalue weighted by Gasteiger charge is -2.32. The normalized spacial score (nSPS) is 15.0. The van der Waals surface area contributed by atoms with Crippen LogP contribution in [0.4, 0.5) is 0 Å². The molecule has 25 heavy (non-hydrogen) atoms. The lowest BCUT2D eigenvalue weighted by molar-refractivity contribution is -0.131. The van der Waals surface area contributed by atoms with E-state index in [2.05, 4.69) is 5.32 Å². The number of carbonyl (C=O) groups is 2. The Labute approximate surface area is 151 Å². The minimum atomic E-state index is -0.0157. The predicted molar refractivity (Wildman–Crippen MR) is 98.1 cm³/mol. The van der Waals surface area contributed by atoms with Gasteiger partial charge < -0.3 is 15.0 Å². The molecule has 0 spiro atoms. The molecule has 1 saturated heterocycles. The van der Waals surface area contributed by atoms with Crippen LogP contribution in [0, 0.1) is 0 Å². The van der Waals surface area contributed by atoms with Gasteiger partial charge in [-0.05, 0) is 42.0 Å². The van der Waals surface area contributed by atoms with Crippen LogP contribution in [0.15, 0.2) is 41.8 Å². The molecule has 1 aliphatic heterocycles. The summed E-state index contributed by atoms with van der Waals surface area (Å²) in [4.78, 5) is 27.2. The van der Waals surface area contributed by atoms with Crippen LogP contribution in [-0.4, -0.2) is 43.0 Å². The van der Waals surface area contributed by atoms with Gasteiger partial charge >= 0.3 is 0 Å². The number of methoxy groups -OCH3 is 1. The van der Waals surface area contributed by atoms with E-state index in [0.29, 0.717) is 19.5 Å². The summed E-state index contributed by atoms with van der Waals surface area (Å²) < 4.78 is 5.13. The van der Waals surface area contributed by atoms with Gasteiger partial charge in [-0.1, -0.05) is 18.2 Å². The number of thiophene rings is 1. The van der Waals surface area contributed by atoms with Crippen LogP contribution in [0.5, 0.6) is 5.75 Å². The van der Waals surface area contributed by atoms with Crippen molar-refractivity contribution < 1.29 is 14.3 Å². The zero-order valence-corrected chi connectivity index (χ0v) is 15.1. The van der Waals surface area contributed by atoms with Crippen molar-refractivity contribution in [3.63, 3.8) is 0 Å². The molecule has 1 aromatic heterocycles. The molecule has 132 valence electrons. The Morgan fingerprint density at radius 3 is 2.52 bits per heavy atom. The highest BCUT2D eigenvalue weighted by Gasteiger charge is 2.24. The molecule has 0 atom stereocenters. The highest BCUT2D eigenvalue weighted by molar-refractivity contribution is 7.12. The maximum atomic E-state index is 12.4. The van der Waals surface area contributed by atoms with Crippen LogP contribution in [0.1, 0.15) is 28.1 Å². The highest BCUT2D eigenvalue weighted by atomic mass is 32.1. The van der Waals surface area contributed by atoms with Crippen molar-refractivity contribution in [3.05, 3.63) is 52.2 Å². The molecule has 0 saturated carbocycles. The van der Waals surface area contributed by atoms with Crippen molar-refractivity contribution in [2.24, 2.45) is 0 Å². The first-order chi connectivity index (χ1) is 12.2. The number of carbonyl (C=O) groups excluding carboxylic acids is 2. The van der Waals surface area contributed by atoms with Crippen molar-refractivity contribution in [3.8, 4) is 5.75 Å². The van der Waals surface area contributed by atoms with Gasteiger partial charge in [-0.2, -0.15) is 0 Å². The Bertz CT molecular complexity index is 705. The molecule has 1 aromatic carbocycles. The standard InChI is InChI=1S/C19H22N2O3S/c1-24-16-6-4-14(5-7-16)13-18(22)21-10-8-15(9-11-21)20-19(23)17-3-2-12-25-17/h2-7,12,15H,8-11,13H2,1H3,(H,20,23). The Morgan fingerprint density at radius 2 is 1.92 bits per heavy atom. The maximum Gasteiger partial charge on any atom is 0.261 e. The Kier molecular flexibility index (Phi) is 5.71. The second-order valence-electron chi connectivity index (χ2n) is 6.13. The lowest BCUT2D eigenvalue weighted by Crippen LogP contribution is -2.46. The Morgan fingerprint density at radius 1 is 1.20 bits per heavy atom. The van der Waals surface area contributed by atoms with E-state index >= 15 is 0 Å². The third-order valence-electron chi connectivity index (χ3n) is 4.44. The summed E-state index contributed by atoms with van der Waals surface area (Å²) in [6.45, 7) is 1.37. The molecule has 2 aromatic rings. The summed E-state index contributed by atoms with van der Waals surface area (Å²) in [7, 11) is 1.63.